The lowest BCUT2D eigenvalue weighted by atomic mass is 9.84. The molecule has 34 heavy (non-hydrogen) atoms. The summed E-state index contributed by atoms with van der Waals surface area (Å²) < 4.78 is 20.1. The first-order chi connectivity index (χ1) is 16.4. The molecule has 1 atom stereocenters. The molecule has 2 aliphatic rings. The van der Waals surface area contributed by atoms with Gasteiger partial charge in [0.1, 0.15) is 23.2 Å². The number of nitrogens with zero attached hydrogens (tertiary/aromatic N) is 2. The minimum absolute atomic E-state index is 0.0694. The van der Waals surface area contributed by atoms with Crippen LogP contribution in [-0.4, -0.2) is 45.0 Å². The Morgan fingerprint density at radius 3 is 2.65 bits per heavy atom. The highest BCUT2D eigenvalue weighted by molar-refractivity contribution is 5.97. The number of phenols is 1. The number of hydrogen-bond donors (Lipinski definition) is 3. The van der Waals surface area contributed by atoms with Gasteiger partial charge in [-0.2, -0.15) is 9.49 Å². The van der Waals surface area contributed by atoms with Crippen molar-refractivity contribution in [3.63, 3.8) is 0 Å². The fourth-order valence-electron chi connectivity index (χ4n) is 4.35. The summed E-state index contributed by atoms with van der Waals surface area (Å²) in [5.74, 6) is -2.33. The zero-order valence-electron chi connectivity index (χ0n) is 18.5. The van der Waals surface area contributed by atoms with Gasteiger partial charge in [-0.1, -0.05) is 25.3 Å². The Kier molecular flexibility index (Phi) is 6.68. The third kappa shape index (κ3) is 4.66. The van der Waals surface area contributed by atoms with Crippen LogP contribution < -0.4 is 10.1 Å². The number of carbonyl (C=O) groups is 2. The lowest BCUT2D eigenvalue weighted by Crippen LogP contribution is -2.46. The second kappa shape index (κ2) is 9.83. The summed E-state index contributed by atoms with van der Waals surface area (Å²) in [6.07, 6.45) is 6.93. The Balaban J connectivity index is 1.77. The number of carbonyl (C=O) groups excluding carboxylic acids is 1. The van der Waals surface area contributed by atoms with Crippen LogP contribution >= 0.6 is 0 Å². The number of amides is 1. The number of aromatic nitrogens is 2. The molecule has 1 aromatic carbocycles. The van der Waals surface area contributed by atoms with Crippen LogP contribution in [0.3, 0.4) is 0 Å². The monoisotopic (exact) mass is 465 g/mol. The molecule has 1 heterocycles. The molecule has 4 rings (SSSR count). The van der Waals surface area contributed by atoms with Crippen LogP contribution in [0.5, 0.6) is 11.5 Å². The SMILES string of the molecule is COc1cccc(O)c1-c1cc(C(=O)NC(C(=O)O)C2CCCCC2)nn1C1=C=C=C(F)C=C1. The van der Waals surface area contributed by atoms with E-state index >= 15 is 0 Å². The number of aliphatic carboxylic acids is 1. The Hall–Kier alpha value is -4.06. The molecule has 0 spiro atoms. The molecule has 9 heteroatoms. The Morgan fingerprint density at radius 2 is 2.00 bits per heavy atom. The average Bonchev–Trinajstić information content (AvgIpc) is 3.28. The molecule has 3 N–H and O–H groups in total. The van der Waals surface area contributed by atoms with E-state index in [-0.39, 0.29) is 34.3 Å². The Morgan fingerprint density at radius 1 is 1.24 bits per heavy atom. The van der Waals surface area contributed by atoms with Crippen molar-refractivity contribution in [1.29, 1.82) is 0 Å². The van der Waals surface area contributed by atoms with Crippen LogP contribution in [0, 0.1) is 5.92 Å². The second-order valence-corrected chi connectivity index (χ2v) is 8.18. The number of halogens is 1. The maximum atomic E-state index is 13.4. The van der Waals surface area contributed by atoms with Crippen LogP contribution in [-0.2, 0) is 4.79 Å². The number of ether oxygens (including phenoxy) is 1. The van der Waals surface area contributed by atoms with E-state index in [2.05, 4.69) is 21.9 Å². The van der Waals surface area contributed by atoms with Crippen molar-refractivity contribution in [1.82, 2.24) is 15.1 Å². The molecular weight excluding hydrogens is 441 g/mol. The van der Waals surface area contributed by atoms with E-state index in [4.69, 9.17) is 4.74 Å². The van der Waals surface area contributed by atoms with Crippen molar-refractivity contribution < 1.29 is 28.9 Å². The van der Waals surface area contributed by atoms with E-state index in [1.54, 1.807) is 12.1 Å². The standard InChI is InChI=1S/C25H24FN3O5/c1-34-21-9-5-8-20(30)22(21)19-14-18(28-29(19)17-12-10-16(26)11-13-17)24(31)27-23(25(32)33)15-6-3-2-4-7-15/h5,8-10,12,14-15,23,30H,2-4,6-7H2,1H3,(H,27,31)(H,32,33). The smallest absolute Gasteiger partial charge is 0.326 e. The number of allylic oxidation sites excluding steroid dienone is 4. The van der Waals surface area contributed by atoms with E-state index < -0.39 is 23.7 Å². The van der Waals surface area contributed by atoms with E-state index in [0.717, 1.165) is 32.1 Å². The van der Waals surface area contributed by atoms with Gasteiger partial charge < -0.3 is 20.3 Å². The van der Waals surface area contributed by atoms with Crippen LogP contribution in [0.4, 0.5) is 4.39 Å². The third-order valence-electron chi connectivity index (χ3n) is 6.02. The van der Waals surface area contributed by atoms with Gasteiger partial charge in [-0.3, -0.25) is 4.79 Å². The van der Waals surface area contributed by atoms with Crippen LogP contribution in [0.25, 0.3) is 17.0 Å². The summed E-state index contributed by atoms with van der Waals surface area (Å²) in [7, 11) is 1.44. The summed E-state index contributed by atoms with van der Waals surface area (Å²) in [4.78, 5) is 25.0. The Bertz CT molecular complexity index is 1260. The molecular formula is C25H24FN3O5. The third-order valence-corrected chi connectivity index (χ3v) is 6.02. The first-order valence-electron chi connectivity index (χ1n) is 11.0. The summed E-state index contributed by atoms with van der Waals surface area (Å²) >= 11 is 0. The molecule has 2 aliphatic carbocycles. The first-order valence-corrected chi connectivity index (χ1v) is 11.0. The maximum Gasteiger partial charge on any atom is 0.326 e. The predicted molar refractivity (Wildman–Crippen MR) is 122 cm³/mol. The number of hydrogen-bond acceptors (Lipinski definition) is 5. The van der Waals surface area contributed by atoms with Crippen LogP contribution in [0.15, 0.2) is 53.7 Å². The molecule has 8 nitrogen and oxygen atoms in total. The van der Waals surface area contributed by atoms with Gasteiger partial charge in [-0.25, -0.2) is 9.48 Å². The zero-order chi connectivity index (χ0) is 24.2. The van der Waals surface area contributed by atoms with Crippen LogP contribution in [0.1, 0.15) is 42.6 Å². The number of aromatic hydroxyl groups is 1. The first kappa shape index (κ1) is 23.1. The molecule has 0 saturated heterocycles. The van der Waals surface area contributed by atoms with Gasteiger partial charge in [0.05, 0.1) is 18.4 Å². The fraction of sp³-hybridized carbons (Fsp3) is 0.320. The van der Waals surface area contributed by atoms with Gasteiger partial charge >= 0.3 is 5.97 Å². The highest BCUT2D eigenvalue weighted by Crippen LogP contribution is 2.39. The molecule has 1 saturated carbocycles. The number of carboxylic acid groups (broad SMARTS) is 1. The predicted octanol–water partition coefficient (Wildman–Crippen LogP) is 4.05. The molecule has 1 fully saturated rings. The molecule has 1 aromatic heterocycles. The number of phenolic OH excluding ortho intramolecular Hbond substituents is 1. The number of rotatable bonds is 7. The maximum absolute atomic E-state index is 13.4. The molecule has 1 unspecified atom stereocenters. The van der Waals surface area contributed by atoms with E-state index in [9.17, 15) is 24.2 Å². The van der Waals surface area contributed by atoms with Gasteiger partial charge in [-0.05, 0) is 60.6 Å². The van der Waals surface area contributed by atoms with Gasteiger partial charge in [-0.15, -0.1) is 0 Å². The van der Waals surface area contributed by atoms with Crippen molar-refractivity contribution in [3.8, 4) is 22.8 Å². The minimum atomic E-state index is -1.09. The Labute approximate surface area is 195 Å². The van der Waals surface area contributed by atoms with Gasteiger partial charge in [0.15, 0.2) is 11.5 Å². The summed E-state index contributed by atoms with van der Waals surface area (Å²) in [5, 5.41) is 27.2. The second-order valence-electron chi connectivity index (χ2n) is 8.18. The van der Waals surface area contributed by atoms with Crippen molar-refractivity contribution in [2.45, 2.75) is 38.1 Å². The van der Waals surface area contributed by atoms with E-state index in [1.165, 1.54) is 36.1 Å². The van der Waals surface area contributed by atoms with Gasteiger partial charge in [0.25, 0.3) is 5.91 Å². The molecule has 0 aliphatic heterocycles. The molecule has 0 radical (unpaired) electrons. The van der Waals surface area contributed by atoms with Gasteiger partial charge in [0.2, 0.25) is 0 Å². The van der Waals surface area contributed by atoms with Crippen molar-refractivity contribution in [2.24, 2.45) is 5.92 Å². The number of methoxy groups -OCH3 is 1. The van der Waals surface area contributed by atoms with Gasteiger partial charge in [0, 0.05) is 0 Å². The lowest BCUT2D eigenvalue weighted by molar-refractivity contribution is -0.141. The number of nitrogens with one attached hydrogen (secondary N) is 1. The molecule has 176 valence electrons. The molecule has 2 aromatic rings. The molecule has 1 amide bonds. The highest BCUT2D eigenvalue weighted by Gasteiger charge is 2.32. The van der Waals surface area contributed by atoms with E-state index in [0.29, 0.717) is 5.75 Å². The van der Waals surface area contributed by atoms with Crippen LogP contribution in [0.2, 0.25) is 0 Å². The topological polar surface area (TPSA) is 114 Å². The molecule has 0 bridgehead atoms. The fourth-order valence-corrected chi connectivity index (χ4v) is 4.35. The van der Waals surface area contributed by atoms with Crippen molar-refractivity contribution in [2.75, 3.05) is 7.11 Å². The van der Waals surface area contributed by atoms with E-state index in [1.807, 2.05) is 0 Å². The zero-order valence-corrected chi connectivity index (χ0v) is 18.5. The lowest BCUT2D eigenvalue weighted by Gasteiger charge is -2.27. The summed E-state index contributed by atoms with van der Waals surface area (Å²) in [6.45, 7) is 0. The average molecular weight is 465 g/mol. The number of benzene rings is 1. The normalized spacial score (nSPS) is 16.5. The largest absolute Gasteiger partial charge is 0.507 e. The number of carboxylic acids is 1. The van der Waals surface area contributed by atoms with Crippen molar-refractivity contribution >= 4 is 17.6 Å². The van der Waals surface area contributed by atoms with Crippen molar-refractivity contribution in [3.05, 3.63) is 59.4 Å². The summed E-state index contributed by atoms with van der Waals surface area (Å²) in [6, 6.07) is 5.08. The summed E-state index contributed by atoms with van der Waals surface area (Å²) in [5.41, 5.74) is 5.70. The highest BCUT2D eigenvalue weighted by atomic mass is 19.1. The quantitative estimate of drug-likeness (QED) is 0.532. The minimum Gasteiger partial charge on any atom is -0.507 e.